The van der Waals surface area contributed by atoms with E-state index in [-0.39, 0.29) is 11.4 Å². The Labute approximate surface area is 195 Å². The van der Waals surface area contributed by atoms with Gasteiger partial charge in [0.2, 0.25) is 0 Å². The van der Waals surface area contributed by atoms with Gasteiger partial charge in [-0.3, -0.25) is 0 Å². The molecule has 0 aliphatic carbocycles. The third kappa shape index (κ3) is 7.27. The van der Waals surface area contributed by atoms with E-state index in [1.807, 2.05) is 11.0 Å². The molecule has 0 aromatic heterocycles. The van der Waals surface area contributed by atoms with Crippen molar-refractivity contribution in [1.82, 2.24) is 10.2 Å². The lowest BCUT2D eigenvalue weighted by molar-refractivity contribution is 0.169. The molecule has 0 spiro atoms. The van der Waals surface area contributed by atoms with Crippen LogP contribution in [0, 0.1) is 5.92 Å². The number of nitrogens with one attached hydrogen (secondary N) is 1. The van der Waals surface area contributed by atoms with Crippen LogP contribution in [-0.2, 0) is 11.8 Å². The molecule has 0 unspecified atom stereocenters. The average Bonchev–Trinajstić information content (AvgIpc) is 2.75. The van der Waals surface area contributed by atoms with Gasteiger partial charge in [0.1, 0.15) is 5.75 Å². The van der Waals surface area contributed by atoms with E-state index in [0.29, 0.717) is 19.1 Å². The second kappa shape index (κ2) is 11.0. The van der Waals surface area contributed by atoms with Crippen molar-refractivity contribution in [3.05, 3.63) is 64.1 Å². The highest BCUT2D eigenvalue weighted by molar-refractivity contribution is 9.10. The molecule has 0 saturated carbocycles. The first-order chi connectivity index (χ1) is 14.8. The van der Waals surface area contributed by atoms with Crippen LogP contribution in [0.2, 0.25) is 0 Å². The molecule has 2 aromatic rings. The first-order valence-electron chi connectivity index (χ1n) is 11.3. The summed E-state index contributed by atoms with van der Waals surface area (Å²) < 4.78 is 6.86. The predicted octanol–water partition coefficient (Wildman–Crippen LogP) is 6.18. The van der Waals surface area contributed by atoms with Crippen LogP contribution in [0.3, 0.4) is 0 Å². The van der Waals surface area contributed by atoms with E-state index in [0.717, 1.165) is 49.0 Å². The number of rotatable bonds is 7. The summed E-state index contributed by atoms with van der Waals surface area (Å²) in [4.78, 5) is 14.4. The molecule has 1 heterocycles. The Bertz CT molecular complexity index is 840. The van der Waals surface area contributed by atoms with Gasteiger partial charge in [-0.1, -0.05) is 57.2 Å². The lowest BCUT2D eigenvalue weighted by Gasteiger charge is -2.32. The smallest absolute Gasteiger partial charge is 0.317 e. The van der Waals surface area contributed by atoms with E-state index in [2.05, 4.69) is 84.5 Å². The maximum atomic E-state index is 12.4. The summed E-state index contributed by atoms with van der Waals surface area (Å²) in [7, 11) is 0. The van der Waals surface area contributed by atoms with Crippen LogP contribution in [-0.4, -0.2) is 37.2 Å². The maximum Gasteiger partial charge on any atom is 0.317 e. The zero-order valence-corrected chi connectivity index (χ0v) is 20.6. The predicted molar refractivity (Wildman–Crippen MR) is 131 cm³/mol. The number of benzene rings is 2. The zero-order chi connectivity index (χ0) is 22.3. The SMILES string of the molecule is CC(C)(C)c1ccc(OCCCNC(=O)N2CCC(Cc3ccccc3)CC2)c(Br)c1. The van der Waals surface area contributed by atoms with Crippen LogP contribution in [0.1, 0.15) is 51.2 Å². The van der Waals surface area contributed by atoms with Crippen LogP contribution >= 0.6 is 15.9 Å². The number of amides is 2. The molecule has 1 aliphatic heterocycles. The largest absolute Gasteiger partial charge is 0.492 e. The summed E-state index contributed by atoms with van der Waals surface area (Å²) in [5.74, 6) is 1.52. The number of ether oxygens (including phenoxy) is 1. The number of piperidine rings is 1. The van der Waals surface area contributed by atoms with Gasteiger partial charge in [-0.15, -0.1) is 0 Å². The van der Waals surface area contributed by atoms with Crippen molar-refractivity contribution in [3.8, 4) is 5.75 Å². The summed E-state index contributed by atoms with van der Waals surface area (Å²) in [6.07, 6.45) is 4.04. The number of hydrogen-bond donors (Lipinski definition) is 1. The number of urea groups is 1. The number of hydrogen-bond acceptors (Lipinski definition) is 2. The normalized spacial score (nSPS) is 15.0. The number of likely N-dealkylation sites (tertiary alicyclic amines) is 1. The summed E-state index contributed by atoms with van der Waals surface area (Å²) in [5.41, 5.74) is 2.78. The minimum atomic E-state index is 0.0499. The molecule has 1 N–H and O–H groups in total. The maximum absolute atomic E-state index is 12.4. The average molecular weight is 487 g/mol. The summed E-state index contributed by atoms with van der Waals surface area (Å²) in [5, 5.41) is 3.04. The van der Waals surface area contributed by atoms with Crippen LogP contribution in [0.4, 0.5) is 4.79 Å². The van der Waals surface area contributed by atoms with Crippen LogP contribution in [0.5, 0.6) is 5.75 Å². The Morgan fingerprint density at radius 1 is 1.13 bits per heavy atom. The second-order valence-corrected chi connectivity index (χ2v) is 10.3. The third-order valence-corrected chi connectivity index (χ3v) is 6.54. The minimum absolute atomic E-state index is 0.0499. The number of carbonyl (C=O) groups is 1. The first kappa shape index (κ1) is 23.6. The standard InChI is InChI=1S/C26H35BrN2O2/c1-26(2,3)22-10-11-24(23(27)19-22)31-17-7-14-28-25(30)29-15-12-21(13-16-29)18-20-8-5-4-6-9-20/h4-6,8-11,19,21H,7,12-18H2,1-3H3,(H,28,30). The molecule has 1 saturated heterocycles. The third-order valence-electron chi connectivity index (χ3n) is 5.92. The molecule has 3 rings (SSSR count). The Kier molecular flexibility index (Phi) is 8.42. The quantitative estimate of drug-likeness (QED) is 0.474. The van der Waals surface area contributed by atoms with Gasteiger partial charge in [0, 0.05) is 19.6 Å². The van der Waals surface area contributed by atoms with Gasteiger partial charge in [0.15, 0.2) is 0 Å². The van der Waals surface area contributed by atoms with Gasteiger partial charge >= 0.3 is 6.03 Å². The van der Waals surface area contributed by atoms with E-state index in [9.17, 15) is 4.79 Å². The molecule has 168 valence electrons. The molecular weight excluding hydrogens is 452 g/mol. The van der Waals surface area contributed by atoms with Crippen LogP contribution < -0.4 is 10.1 Å². The molecule has 1 fully saturated rings. The summed E-state index contributed by atoms with van der Waals surface area (Å²) in [6, 6.07) is 16.9. The molecule has 2 aromatic carbocycles. The van der Waals surface area contributed by atoms with Crippen molar-refractivity contribution >= 4 is 22.0 Å². The first-order valence-corrected chi connectivity index (χ1v) is 12.1. The monoisotopic (exact) mass is 486 g/mol. The van der Waals surface area contributed by atoms with E-state index in [1.54, 1.807) is 0 Å². The summed E-state index contributed by atoms with van der Waals surface area (Å²) >= 11 is 3.61. The number of carbonyl (C=O) groups excluding carboxylic acids is 1. The van der Waals surface area contributed by atoms with Crippen LogP contribution in [0.25, 0.3) is 0 Å². The topological polar surface area (TPSA) is 41.6 Å². The highest BCUT2D eigenvalue weighted by Gasteiger charge is 2.22. The molecule has 31 heavy (non-hydrogen) atoms. The molecule has 2 amide bonds. The second-order valence-electron chi connectivity index (χ2n) is 9.45. The fraction of sp³-hybridized carbons (Fsp3) is 0.500. The molecule has 4 nitrogen and oxygen atoms in total. The minimum Gasteiger partial charge on any atom is -0.492 e. The molecule has 1 aliphatic rings. The lowest BCUT2D eigenvalue weighted by atomic mass is 9.87. The van der Waals surface area contributed by atoms with Gasteiger partial charge in [-0.25, -0.2) is 4.79 Å². The number of nitrogens with zero attached hydrogens (tertiary/aromatic N) is 1. The van der Waals surface area contributed by atoms with Gasteiger partial charge in [0.25, 0.3) is 0 Å². The van der Waals surface area contributed by atoms with Gasteiger partial charge in [-0.2, -0.15) is 0 Å². The van der Waals surface area contributed by atoms with Gasteiger partial charge in [0.05, 0.1) is 11.1 Å². The molecule has 0 bridgehead atoms. The Morgan fingerprint density at radius 2 is 1.84 bits per heavy atom. The van der Waals surface area contributed by atoms with Crippen molar-refractivity contribution in [2.75, 3.05) is 26.2 Å². The highest BCUT2D eigenvalue weighted by atomic mass is 79.9. The van der Waals surface area contributed by atoms with Crippen molar-refractivity contribution in [2.24, 2.45) is 5.92 Å². The number of halogens is 1. The van der Waals surface area contributed by atoms with E-state index >= 15 is 0 Å². The molecular formula is C26H35BrN2O2. The van der Waals surface area contributed by atoms with Gasteiger partial charge < -0.3 is 15.0 Å². The van der Waals surface area contributed by atoms with Crippen molar-refractivity contribution < 1.29 is 9.53 Å². The van der Waals surface area contributed by atoms with Gasteiger partial charge in [-0.05, 0) is 76.2 Å². The van der Waals surface area contributed by atoms with Crippen molar-refractivity contribution in [3.63, 3.8) is 0 Å². The molecule has 0 atom stereocenters. The Balaban J connectivity index is 1.32. The fourth-order valence-corrected chi connectivity index (χ4v) is 4.43. The Hall–Kier alpha value is -2.01. The molecule has 5 heteroatoms. The van der Waals surface area contributed by atoms with E-state index in [1.165, 1.54) is 11.1 Å². The van der Waals surface area contributed by atoms with E-state index in [4.69, 9.17) is 4.74 Å². The lowest BCUT2D eigenvalue weighted by Crippen LogP contribution is -2.45. The zero-order valence-electron chi connectivity index (χ0n) is 19.0. The van der Waals surface area contributed by atoms with Crippen LogP contribution in [0.15, 0.2) is 53.0 Å². The highest BCUT2D eigenvalue weighted by Crippen LogP contribution is 2.31. The van der Waals surface area contributed by atoms with Crippen molar-refractivity contribution in [2.45, 2.75) is 51.9 Å². The van der Waals surface area contributed by atoms with E-state index < -0.39 is 0 Å². The fourth-order valence-electron chi connectivity index (χ4n) is 3.93. The molecule has 0 radical (unpaired) electrons. The Morgan fingerprint density at radius 3 is 2.48 bits per heavy atom. The van der Waals surface area contributed by atoms with Crippen molar-refractivity contribution in [1.29, 1.82) is 0 Å². The summed E-state index contributed by atoms with van der Waals surface area (Å²) in [6.45, 7) is 9.48.